The lowest BCUT2D eigenvalue weighted by Gasteiger charge is -2.09. The van der Waals surface area contributed by atoms with E-state index in [1.165, 1.54) is 11.3 Å². The first-order valence-electron chi connectivity index (χ1n) is 8.32. The number of hydrogen-bond donors (Lipinski definition) is 3. The Morgan fingerprint density at radius 2 is 2.12 bits per heavy atom. The highest BCUT2D eigenvalue weighted by atomic mass is 32.1. The van der Waals surface area contributed by atoms with Crippen molar-refractivity contribution in [1.82, 2.24) is 10.3 Å². The molecule has 1 aromatic carbocycles. The van der Waals surface area contributed by atoms with Gasteiger partial charge in [-0.3, -0.25) is 14.4 Å². The summed E-state index contributed by atoms with van der Waals surface area (Å²) in [7, 11) is 0. The lowest BCUT2D eigenvalue weighted by Crippen LogP contribution is -2.37. The average Bonchev–Trinajstić information content (AvgIpc) is 3.19. The highest BCUT2D eigenvalue weighted by Crippen LogP contribution is 2.19. The number of amides is 3. The van der Waals surface area contributed by atoms with E-state index in [-0.39, 0.29) is 24.1 Å². The molecule has 3 N–H and O–H groups in total. The number of aromatic nitrogens is 1. The molecule has 0 bridgehead atoms. The Kier molecular flexibility index (Phi) is 5.32. The summed E-state index contributed by atoms with van der Waals surface area (Å²) in [6, 6.07) is 5.32. The minimum absolute atomic E-state index is 0.118. The number of nitrogens with one attached hydrogen (secondary N) is 3. The minimum atomic E-state index is -0.511. The highest BCUT2D eigenvalue weighted by molar-refractivity contribution is 7.13. The molecule has 1 saturated heterocycles. The number of carbonyl (C=O) groups excluding carboxylic acids is 3. The van der Waals surface area contributed by atoms with Gasteiger partial charge in [0.25, 0.3) is 0 Å². The van der Waals surface area contributed by atoms with Crippen LogP contribution in [-0.2, 0) is 20.8 Å². The van der Waals surface area contributed by atoms with E-state index in [0.717, 1.165) is 16.8 Å². The first-order valence-corrected chi connectivity index (χ1v) is 9.20. The van der Waals surface area contributed by atoms with Gasteiger partial charge < -0.3 is 16.0 Å². The molecule has 1 aromatic heterocycles. The summed E-state index contributed by atoms with van der Waals surface area (Å²) in [6.07, 6.45) is 0.973. The van der Waals surface area contributed by atoms with Crippen molar-refractivity contribution in [3.8, 4) is 0 Å². The second-order valence-corrected chi connectivity index (χ2v) is 7.19. The Labute approximate surface area is 155 Å². The molecule has 1 atom stereocenters. The maximum atomic E-state index is 12.2. The van der Waals surface area contributed by atoms with Gasteiger partial charge >= 0.3 is 0 Å². The van der Waals surface area contributed by atoms with E-state index in [0.29, 0.717) is 23.7 Å². The average molecular weight is 372 g/mol. The van der Waals surface area contributed by atoms with E-state index >= 15 is 0 Å². The van der Waals surface area contributed by atoms with Gasteiger partial charge in [-0.15, -0.1) is 11.3 Å². The third-order valence-corrected chi connectivity index (χ3v) is 4.90. The number of thiazole rings is 1. The molecule has 1 aliphatic rings. The van der Waals surface area contributed by atoms with Gasteiger partial charge in [-0.05, 0) is 31.9 Å². The van der Waals surface area contributed by atoms with Crippen LogP contribution in [0.25, 0.3) is 0 Å². The molecule has 3 rings (SSSR count). The lowest BCUT2D eigenvalue weighted by atomic mass is 10.1. The Morgan fingerprint density at radius 1 is 1.31 bits per heavy atom. The normalized spacial score (nSPS) is 16.2. The van der Waals surface area contributed by atoms with Gasteiger partial charge in [0.15, 0.2) is 5.13 Å². The fourth-order valence-electron chi connectivity index (χ4n) is 2.76. The number of anilines is 2. The van der Waals surface area contributed by atoms with E-state index in [1.54, 1.807) is 5.38 Å². The molecule has 136 valence electrons. The van der Waals surface area contributed by atoms with Gasteiger partial charge in [0, 0.05) is 17.5 Å². The number of carbonyl (C=O) groups is 3. The Morgan fingerprint density at radius 3 is 2.81 bits per heavy atom. The monoisotopic (exact) mass is 372 g/mol. The summed E-state index contributed by atoms with van der Waals surface area (Å²) in [5.41, 5.74) is 3.51. The summed E-state index contributed by atoms with van der Waals surface area (Å²) < 4.78 is 0. The smallest absolute Gasteiger partial charge is 0.248 e. The zero-order valence-electron chi connectivity index (χ0n) is 14.6. The second-order valence-electron chi connectivity index (χ2n) is 6.34. The summed E-state index contributed by atoms with van der Waals surface area (Å²) in [6.45, 7) is 3.95. The SMILES string of the molecule is Cc1ccc(NC(=O)Cc2csc(NC(=O)C3CCC(=O)N3)n2)c(C)c1. The Hall–Kier alpha value is -2.74. The number of rotatable bonds is 5. The van der Waals surface area contributed by atoms with Crippen LogP contribution >= 0.6 is 11.3 Å². The number of hydrogen-bond acceptors (Lipinski definition) is 5. The molecule has 2 aromatic rings. The van der Waals surface area contributed by atoms with Crippen molar-refractivity contribution in [2.75, 3.05) is 10.6 Å². The minimum Gasteiger partial charge on any atom is -0.344 e. The maximum Gasteiger partial charge on any atom is 0.248 e. The van der Waals surface area contributed by atoms with Gasteiger partial charge in [-0.1, -0.05) is 17.7 Å². The number of nitrogens with zero attached hydrogens (tertiary/aromatic N) is 1. The van der Waals surface area contributed by atoms with Crippen LogP contribution in [0.1, 0.15) is 29.7 Å². The summed E-state index contributed by atoms with van der Waals surface area (Å²) >= 11 is 1.26. The third kappa shape index (κ3) is 4.45. The van der Waals surface area contributed by atoms with Gasteiger partial charge in [0.2, 0.25) is 17.7 Å². The van der Waals surface area contributed by atoms with Gasteiger partial charge in [-0.2, -0.15) is 0 Å². The third-order valence-electron chi connectivity index (χ3n) is 4.09. The van der Waals surface area contributed by atoms with Crippen molar-refractivity contribution in [2.24, 2.45) is 0 Å². The summed E-state index contributed by atoms with van der Waals surface area (Å²) in [5, 5.41) is 10.3. The zero-order valence-corrected chi connectivity index (χ0v) is 15.4. The largest absolute Gasteiger partial charge is 0.344 e. The number of aryl methyl sites for hydroxylation is 2. The Balaban J connectivity index is 1.55. The first-order chi connectivity index (χ1) is 12.4. The van der Waals surface area contributed by atoms with Crippen LogP contribution < -0.4 is 16.0 Å². The molecule has 1 unspecified atom stereocenters. The van der Waals surface area contributed by atoms with Crippen LogP contribution in [0.5, 0.6) is 0 Å². The molecule has 0 spiro atoms. The molecule has 1 aliphatic heterocycles. The van der Waals surface area contributed by atoms with Crippen molar-refractivity contribution in [1.29, 1.82) is 0 Å². The molecule has 2 heterocycles. The molecular weight excluding hydrogens is 352 g/mol. The molecule has 0 radical (unpaired) electrons. The van der Waals surface area contributed by atoms with Crippen molar-refractivity contribution in [2.45, 2.75) is 39.2 Å². The topological polar surface area (TPSA) is 100 Å². The second kappa shape index (κ2) is 7.65. The van der Waals surface area contributed by atoms with E-state index < -0.39 is 6.04 Å². The van der Waals surface area contributed by atoms with Crippen LogP contribution in [-0.4, -0.2) is 28.7 Å². The van der Waals surface area contributed by atoms with Crippen LogP contribution in [0, 0.1) is 13.8 Å². The van der Waals surface area contributed by atoms with Gasteiger partial charge in [0.05, 0.1) is 12.1 Å². The van der Waals surface area contributed by atoms with Crippen LogP contribution in [0.4, 0.5) is 10.8 Å². The van der Waals surface area contributed by atoms with Crippen molar-refractivity contribution in [3.63, 3.8) is 0 Å². The quantitative estimate of drug-likeness (QED) is 0.749. The van der Waals surface area contributed by atoms with E-state index in [1.807, 2.05) is 32.0 Å². The fraction of sp³-hybridized carbons (Fsp3) is 0.333. The molecule has 26 heavy (non-hydrogen) atoms. The lowest BCUT2D eigenvalue weighted by molar-refractivity contribution is -0.122. The van der Waals surface area contributed by atoms with Crippen LogP contribution in [0.2, 0.25) is 0 Å². The van der Waals surface area contributed by atoms with E-state index in [9.17, 15) is 14.4 Å². The predicted molar refractivity (Wildman–Crippen MR) is 100 cm³/mol. The molecule has 7 nitrogen and oxygen atoms in total. The zero-order chi connectivity index (χ0) is 18.7. The van der Waals surface area contributed by atoms with Crippen molar-refractivity contribution in [3.05, 3.63) is 40.4 Å². The molecular formula is C18H20N4O3S. The van der Waals surface area contributed by atoms with E-state index in [4.69, 9.17) is 0 Å². The van der Waals surface area contributed by atoms with Crippen molar-refractivity contribution >= 4 is 39.9 Å². The molecule has 0 saturated carbocycles. The van der Waals surface area contributed by atoms with E-state index in [2.05, 4.69) is 20.9 Å². The highest BCUT2D eigenvalue weighted by Gasteiger charge is 2.27. The molecule has 3 amide bonds. The fourth-order valence-corrected chi connectivity index (χ4v) is 3.47. The number of benzene rings is 1. The van der Waals surface area contributed by atoms with Crippen LogP contribution in [0.3, 0.4) is 0 Å². The van der Waals surface area contributed by atoms with Crippen molar-refractivity contribution < 1.29 is 14.4 Å². The van der Waals surface area contributed by atoms with Crippen LogP contribution in [0.15, 0.2) is 23.6 Å². The van der Waals surface area contributed by atoms with Gasteiger partial charge in [-0.25, -0.2) is 4.98 Å². The summed E-state index contributed by atoms with van der Waals surface area (Å²) in [4.78, 5) is 39.7. The molecule has 1 fully saturated rings. The predicted octanol–water partition coefficient (Wildman–Crippen LogP) is 2.16. The standard InChI is InChI=1S/C18H20N4O3S/c1-10-3-4-13(11(2)7-10)20-16(24)8-12-9-26-18(19-12)22-17(25)14-5-6-15(23)21-14/h3-4,7,9,14H,5-6,8H2,1-2H3,(H,20,24)(H,21,23)(H,19,22,25). The van der Waals surface area contributed by atoms with Gasteiger partial charge in [0.1, 0.15) is 6.04 Å². The molecule has 0 aliphatic carbocycles. The Bertz CT molecular complexity index is 862. The maximum absolute atomic E-state index is 12.2. The first kappa shape index (κ1) is 18.1. The summed E-state index contributed by atoms with van der Waals surface area (Å²) in [5.74, 6) is -0.562. The molecule has 8 heteroatoms.